The van der Waals surface area contributed by atoms with Crippen molar-refractivity contribution in [1.29, 1.82) is 5.26 Å². The highest BCUT2D eigenvalue weighted by atomic mass is 79.9. The van der Waals surface area contributed by atoms with Crippen LogP contribution in [0.1, 0.15) is 21.9 Å². The van der Waals surface area contributed by atoms with Crippen LogP contribution in [0.5, 0.6) is 0 Å². The zero-order valence-corrected chi connectivity index (χ0v) is 9.91. The van der Waals surface area contributed by atoms with E-state index < -0.39 is 0 Å². The average molecular weight is 269 g/mol. The van der Waals surface area contributed by atoms with Crippen molar-refractivity contribution in [2.24, 2.45) is 5.92 Å². The third kappa shape index (κ3) is 1.04. The molecule has 0 bridgehead atoms. The monoisotopic (exact) mass is 268 g/mol. The maximum atomic E-state index is 9.10. The molecule has 14 heavy (non-hydrogen) atoms. The molecule has 0 saturated carbocycles. The van der Waals surface area contributed by atoms with Crippen LogP contribution >= 0.6 is 27.3 Å². The molecule has 1 aromatic rings. The van der Waals surface area contributed by atoms with E-state index >= 15 is 0 Å². The first-order valence-corrected chi connectivity index (χ1v) is 6.34. The second-order valence-corrected chi connectivity index (χ2v) is 6.35. The Morgan fingerprint density at radius 3 is 3.14 bits per heavy atom. The molecule has 2 unspecified atom stereocenters. The Labute approximate surface area is 95.1 Å². The fourth-order valence-electron chi connectivity index (χ4n) is 2.63. The predicted molar refractivity (Wildman–Crippen MR) is 59.5 cm³/mol. The summed E-state index contributed by atoms with van der Waals surface area (Å²) in [7, 11) is 0. The first-order chi connectivity index (χ1) is 6.81. The number of nitriles is 1. The quantitative estimate of drug-likeness (QED) is 0.784. The van der Waals surface area contributed by atoms with Crippen molar-refractivity contribution < 1.29 is 0 Å². The van der Waals surface area contributed by atoms with Gasteiger partial charge in [0.2, 0.25) is 0 Å². The van der Waals surface area contributed by atoms with Gasteiger partial charge in [-0.2, -0.15) is 5.26 Å². The molecule has 3 rings (SSSR count). The minimum atomic E-state index is 0.599. The minimum Gasteiger partial charge on any atom is -0.316 e. The highest BCUT2D eigenvalue weighted by Gasteiger charge is 2.39. The first-order valence-electron chi connectivity index (χ1n) is 4.73. The lowest BCUT2D eigenvalue weighted by molar-refractivity contribution is 0.564. The molecule has 1 aliphatic heterocycles. The van der Waals surface area contributed by atoms with Crippen molar-refractivity contribution in [2.75, 3.05) is 13.1 Å². The van der Waals surface area contributed by atoms with Crippen molar-refractivity contribution in [3.8, 4) is 6.07 Å². The van der Waals surface area contributed by atoms with Gasteiger partial charge in [-0.1, -0.05) is 0 Å². The molecular formula is C10H9BrN2S. The summed E-state index contributed by atoms with van der Waals surface area (Å²) >= 11 is 5.23. The van der Waals surface area contributed by atoms with Gasteiger partial charge >= 0.3 is 0 Å². The molecule has 1 fully saturated rings. The molecule has 0 spiro atoms. The maximum absolute atomic E-state index is 9.10. The van der Waals surface area contributed by atoms with E-state index in [4.69, 9.17) is 5.26 Å². The summed E-state index contributed by atoms with van der Waals surface area (Å²) in [6, 6.07) is 2.32. The van der Waals surface area contributed by atoms with Gasteiger partial charge in [-0.05, 0) is 40.4 Å². The second-order valence-electron chi connectivity index (χ2n) is 3.93. The molecule has 1 aliphatic carbocycles. The van der Waals surface area contributed by atoms with E-state index in [0.717, 1.165) is 34.8 Å². The zero-order valence-electron chi connectivity index (χ0n) is 7.51. The second kappa shape index (κ2) is 3.06. The summed E-state index contributed by atoms with van der Waals surface area (Å²) in [5.41, 5.74) is 2.22. The number of nitrogens with one attached hydrogen (secondary N) is 1. The standard InChI is InChI=1S/C10H9BrN2S/c11-10-6(2-12)9-7-4-13-3-5(7)1-8(9)14-10/h5,7,13H,1,3-4H2. The fourth-order valence-corrected chi connectivity index (χ4v) is 4.65. The molecule has 2 heterocycles. The van der Waals surface area contributed by atoms with E-state index in [1.54, 1.807) is 11.3 Å². The van der Waals surface area contributed by atoms with Crippen molar-refractivity contribution in [3.63, 3.8) is 0 Å². The summed E-state index contributed by atoms with van der Waals surface area (Å²) in [4.78, 5) is 1.44. The molecule has 1 saturated heterocycles. The largest absolute Gasteiger partial charge is 0.316 e. The van der Waals surface area contributed by atoms with Gasteiger partial charge in [0.15, 0.2) is 0 Å². The summed E-state index contributed by atoms with van der Waals surface area (Å²) < 4.78 is 1.02. The lowest BCUT2D eigenvalue weighted by Crippen LogP contribution is -2.09. The topological polar surface area (TPSA) is 35.8 Å². The molecule has 2 nitrogen and oxygen atoms in total. The van der Waals surface area contributed by atoms with Crippen LogP contribution in [0.4, 0.5) is 0 Å². The fraction of sp³-hybridized carbons (Fsp3) is 0.500. The number of thiophene rings is 1. The maximum Gasteiger partial charge on any atom is 0.102 e. The van der Waals surface area contributed by atoms with Crippen LogP contribution in [0, 0.1) is 17.2 Å². The van der Waals surface area contributed by atoms with E-state index in [0.29, 0.717) is 5.92 Å². The third-order valence-electron chi connectivity index (χ3n) is 3.25. The van der Waals surface area contributed by atoms with Gasteiger partial charge in [0.1, 0.15) is 6.07 Å². The molecule has 1 aromatic heterocycles. The van der Waals surface area contributed by atoms with Crippen LogP contribution < -0.4 is 5.32 Å². The van der Waals surface area contributed by atoms with Gasteiger partial charge < -0.3 is 5.32 Å². The number of rotatable bonds is 0. The van der Waals surface area contributed by atoms with E-state index in [2.05, 4.69) is 27.3 Å². The van der Waals surface area contributed by atoms with Gasteiger partial charge in [0.25, 0.3) is 0 Å². The number of hydrogen-bond acceptors (Lipinski definition) is 3. The van der Waals surface area contributed by atoms with Crippen LogP contribution in [0.3, 0.4) is 0 Å². The van der Waals surface area contributed by atoms with Crippen LogP contribution in [0.2, 0.25) is 0 Å². The highest BCUT2D eigenvalue weighted by Crippen LogP contribution is 2.48. The number of nitrogens with zero attached hydrogens (tertiary/aromatic N) is 1. The van der Waals surface area contributed by atoms with Crippen LogP contribution in [0.25, 0.3) is 0 Å². The van der Waals surface area contributed by atoms with Crippen molar-refractivity contribution >= 4 is 27.3 Å². The van der Waals surface area contributed by atoms with Gasteiger partial charge in [-0.25, -0.2) is 0 Å². The number of fused-ring (bicyclic) bond motifs is 3. The number of halogens is 1. The Kier molecular flexibility index (Phi) is 1.94. The van der Waals surface area contributed by atoms with Crippen molar-refractivity contribution in [3.05, 3.63) is 19.8 Å². The summed E-state index contributed by atoms with van der Waals surface area (Å²) in [5, 5.41) is 12.5. The molecule has 0 radical (unpaired) electrons. The van der Waals surface area contributed by atoms with E-state index in [1.807, 2.05) is 0 Å². The van der Waals surface area contributed by atoms with Crippen LogP contribution in [-0.4, -0.2) is 13.1 Å². The molecule has 1 N–H and O–H groups in total. The third-order valence-corrected chi connectivity index (χ3v) is 5.15. The molecule has 72 valence electrons. The smallest absolute Gasteiger partial charge is 0.102 e. The van der Waals surface area contributed by atoms with Crippen molar-refractivity contribution in [1.82, 2.24) is 5.32 Å². The minimum absolute atomic E-state index is 0.599. The normalized spacial score (nSPS) is 28.6. The SMILES string of the molecule is N#Cc1c(Br)sc2c1C1CNCC1C2. The molecular weight excluding hydrogens is 260 g/mol. The van der Waals surface area contributed by atoms with Crippen LogP contribution in [0.15, 0.2) is 3.79 Å². The van der Waals surface area contributed by atoms with Crippen molar-refractivity contribution in [2.45, 2.75) is 12.3 Å². The Morgan fingerprint density at radius 2 is 2.36 bits per heavy atom. The zero-order chi connectivity index (χ0) is 9.71. The van der Waals surface area contributed by atoms with Gasteiger partial charge in [0, 0.05) is 17.3 Å². The number of hydrogen-bond donors (Lipinski definition) is 1. The molecule has 2 aliphatic rings. The predicted octanol–water partition coefficient (Wildman–Crippen LogP) is 2.24. The summed E-state index contributed by atoms with van der Waals surface area (Å²) in [6.07, 6.45) is 1.16. The lowest BCUT2D eigenvalue weighted by Gasteiger charge is -2.07. The van der Waals surface area contributed by atoms with Crippen LogP contribution in [-0.2, 0) is 6.42 Å². The molecule has 0 aromatic carbocycles. The van der Waals surface area contributed by atoms with Gasteiger partial charge in [0.05, 0.1) is 9.35 Å². The Hall–Kier alpha value is -0.370. The Bertz CT molecular complexity index is 432. The Balaban J connectivity index is 2.16. The van der Waals surface area contributed by atoms with E-state index in [1.165, 1.54) is 10.4 Å². The highest BCUT2D eigenvalue weighted by molar-refractivity contribution is 9.11. The van der Waals surface area contributed by atoms with E-state index in [9.17, 15) is 0 Å². The molecule has 4 heteroatoms. The van der Waals surface area contributed by atoms with Gasteiger partial charge in [-0.15, -0.1) is 11.3 Å². The molecule has 0 amide bonds. The summed E-state index contributed by atoms with van der Waals surface area (Å²) in [5.74, 6) is 1.35. The molecule has 2 atom stereocenters. The first kappa shape index (κ1) is 8.90. The Morgan fingerprint density at radius 1 is 1.50 bits per heavy atom. The van der Waals surface area contributed by atoms with Gasteiger partial charge in [-0.3, -0.25) is 0 Å². The lowest BCUT2D eigenvalue weighted by atomic mass is 9.95. The average Bonchev–Trinajstić information content (AvgIpc) is 2.74. The summed E-state index contributed by atoms with van der Waals surface area (Å²) in [6.45, 7) is 2.17. The van der Waals surface area contributed by atoms with E-state index in [-0.39, 0.29) is 0 Å².